The van der Waals surface area contributed by atoms with Crippen LogP contribution in [0.5, 0.6) is 0 Å². The Balaban J connectivity index is 1.82. The number of likely N-dealkylation sites (N-methyl/N-ethyl adjacent to an activating group) is 1. The van der Waals surface area contributed by atoms with E-state index in [9.17, 15) is 8.78 Å². The van der Waals surface area contributed by atoms with Gasteiger partial charge in [-0.1, -0.05) is 13.0 Å². The van der Waals surface area contributed by atoms with Gasteiger partial charge < -0.3 is 4.57 Å². The fraction of sp³-hybridized carbons (Fsp3) is 0.381. The SMILES string of the molecule is CCN1Cc2c(n(CCc3ccccn3)c3c(F)cc(F)cc23)CC1C. The highest BCUT2D eigenvalue weighted by molar-refractivity contribution is 5.86. The molecule has 2 aromatic heterocycles. The van der Waals surface area contributed by atoms with Crippen LogP contribution < -0.4 is 0 Å². The van der Waals surface area contributed by atoms with Crippen LogP contribution in [-0.4, -0.2) is 27.0 Å². The summed E-state index contributed by atoms with van der Waals surface area (Å²) in [6.45, 7) is 6.64. The molecule has 0 N–H and O–H groups in total. The number of hydrogen-bond donors (Lipinski definition) is 0. The molecule has 1 aliphatic heterocycles. The summed E-state index contributed by atoms with van der Waals surface area (Å²) in [7, 11) is 0. The van der Waals surface area contributed by atoms with Gasteiger partial charge in [-0.2, -0.15) is 0 Å². The Morgan fingerprint density at radius 3 is 2.81 bits per heavy atom. The maximum absolute atomic E-state index is 14.7. The molecule has 136 valence electrons. The first-order valence-corrected chi connectivity index (χ1v) is 9.21. The van der Waals surface area contributed by atoms with E-state index in [4.69, 9.17) is 0 Å². The lowest BCUT2D eigenvalue weighted by atomic mass is 9.99. The van der Waals surface area contributed by atoms with Crippen molar-refractivity contribution in [1.82, 2.24) is 14.5 Å². The number of nitrogens with zero attached hydrogens (tertiary/aromatic N) is 3. The summed E-state index contributed by atoms with van der Waals surface area (Å²) in [5, 5.41) is 0.712. The van der Waals surface area contributed by atoms with Gasteiger partial charge in [-0.05, 0) is 37.2 Å². The van der Waals surface area contributed by atoms with E-state index in [0.717, 1.165) is 48.9 Å². The van der Waals surface area contributed by atoms with Crippen LogP contribution in [0.15, 0.2) is 36.5 Å². The summed E-state index contributed by atoms with van der Waals surface area (Å²) in [5.74, 6) is -0.993. The molecule has 3 heterocycles. The maximum Gasteiger partial charge on any atom is 0.150 e. The monoisotopic (exact) mass is 355 g/mol. The lowest BCUT2D eigenvalue weighted by Gasteiger charge is -2.33. The lowest BCUT2D eigenvalue weighted by Crippen LogP contribution is -2.38. The summed E-state index contributed by atoms with van der Waals surface area (Å²) >= 11 is 0. The summed E-state index contributed by atoms with van der Waals surface area (Å²) < 4.78 is 30.7. The molecule has 0 bridgehead atoms. The largest absolute Gasteiger partial charge is 0.341 e. The molecule has 0 spiro atoms. The molecular formula is C21H23F2N3. The van der Waals surface area contributed by atoms with E-state index in [1.807, 2.05) is 18.2 Å². The highest BCUT2D eigenvalue weighted by Crippen LogP contribution is 2.35. The number of hydrogen-bond acceptors (Lipinski definition) is 2. The minimum absolute atomic E-state index is 0.387. The van der Waals surface area contributed by atoms with Gasteiger partial charge >= 0.3 is 0 Å². The molecular weight excluding hydrogens is 332 g/mol. The van der Waals surface area contributed by atoms with Gasteiger partial charge in [0.25, 0.3) is 0 Å². The van der Waals surface area contributed by atoms with E-state index in [1.165, 1.54) is 6.07 Å². The first-order chi connectivity index (χ1) is 12.6. The fourth-order valence-corrected chi connectivity index (χ4v) is 4.14. The van der Waals surface area contributed by atoms with Gasteiger partial charge in [-0.3, -0.25) is 9.88 Å². The van der Waals surface area contributed by atoms with Crippen LogP contribution in [0.2, 0.25) is 0 Å². The van der Waals surface area contributed by atoms with Gasteiger partial charge in [0.05, 0.1) is 5.52 Å². The van der Waals surface area contributed by atoms with Crippen molar-refractivity contribution in [3.63, 3.8) is 0 Å². The van der Waals surface area contributed by atoms with Crippen LogP contribution in [-0.2, 0) is 25.9 Å². The van der Waals surface area contributed by atoms with Gasteiger partial charge in [0.1, 0.15) is 11.6 Å². The smallest absolute Gasteiger partial charge is 0.150 e. The Kier molecular flexibility index (Phi) is 4.49. The molecule has 1 aromatic carbocycles. The van der Waals surface area contributed by atoms with Crippen molar-refractivity contribution in [3.8, 4) is 0 Å². The van der Waals surface area contributed by atoms with Gasteiger partial charge in [0.15, 0.2) is 0 Å². The zero-order valence-corrected chi connectivity index (χ0v) is 15.2. The van der Waals surface area contributed by atoms with Crippen molar-refractivity contribution in [2.45, 2.75) is 45.8 Å². The van der Waals surface area contributed by atoms with E-state index in [1.54, 1.807) is 6.20 Å². The second-order valence-electron chi connectivity index (χ2n) is 7.05. The number of benzene rings is 1. The molecule has 0 radical (unpaired) electrons. The molecule has 3 nitrogen and oxygen atoms in total. The average Bonchev–Trinajstić information content (AvgIpc) is 2.93. The highest BCUT2D eigenvalue weighted by atomic mass is 19.1. The summed E-state index contributed by atoms with van der Waals surface area (Å²) in [6.07, 6.45) is 3.34. The minimum Gasteiger partial charge on any atom is -0.341 e. The predicted molar refractivity (Wildman–Crippen MR) is 99.0 cm³/mol. The first kappa shape index (κ1) is 17.2. The van der Waals surface area contributed by atoms with Crippen LogP contribution in [0.3, 0.4) is 0 Å². The molecule has 1 aliphatic rings. The van der Waals surface area contributed by atoms with Gasteiger partial charge in [-0.25, -0.2) is 8.78 Å². The van der Waals surface area contributed by atoms with Gasteiger partial charge in [0.2, 0.25) is 0 Å². The second kappa shape index (κ2) is 6.80. The Morgan fingerprint density at radius 1 is 1.23 bits per heavy atom. The van der Waals surface area contributed by atoms with Gasteiger partial charge in [-0.15, -0.1) is 0 Å². The van der Waals surface area contributed by atoms with Crippen LogP contribution in [0.25, 0.3) is 10.9 Å². The molecule has 1 unspecified atom stereocenters. The van der Waals surface area contributed by atoms with Crippen molar-refractivity contribution >= 4 is 10.9 Å². The number of fused-ring (bicyclic) bond motifs is 3. The fourth-order valence-electron chi connectivity index (χ4n) is 4.14. The van der Waals surface area contributed by atoms with Crippen molar-refractivity contribution in [2.24, 2.45) is 0 Å². The third kappa shape index (κ3) is 2.90. The van der Waals surface area contributed by atoms with E-state index in [0.29, 0.717) is 23.5 Å². The van der Waals surface area contributed by atoms with Crippen LogP contribution >= 0.6 is 0 Å². The number of aromatic nitrogens is 2. The van der Waals surface area contributed by atoms with Crippen molar-refractivity contribution in [3.05, 3.63) is 65.1 Å². The standard InChI is InChI=1S/C21H23F2N3/c1-3-25-13-18-17-11-15(22)12-19(23)21(17)26(20(18)10-14(25)2)9-7-16-6-4-5-8-24-16/h4-6,8,11-12,14H,3,7,9-10,13H2,1-2H3. The average molecular weight is 355 g/mol. The summed E-state index contributed by atoms with van der Waals surface area (Å²) in [4.78, 5) is 6.73. The molecule has 3 aromatic rings. The molecule has 4 rings (SSSR count). The molecule has 5 heteroatoms. The zero-order valence-electron chi connectivity index (χ0n) is 15.2. The lowest BCUT2D eigenvalue weighted by molar-refractivity contribution is 0.192. The quantitative estimate of drug-likeness (QED) is 0.695. The number of halogens is 2. The normalized spacial score (nSPS) is 17.6. The Bertz CT molecular complexity index is 934. The van der Waals surface area contributed by atoms with E-state index < -0.39 is 11.6 Å². The van der Waals surface area contributed by atoms with E-state index in [2.05, 4.69) is 28.3 Å². The van der Waals surface area contributed by atoms with Crippen molar-refractivity contribution < 1.29 is 8.78 Å². The zero-order chi connectivity index (χ0) is 18.3. The molecule has 0 fully saturated rings. The number of rotatable bonds is 4. The third-order valence-electron chi connectivity index (χ3n) is 5.49. The highest BCUT2D eigenvalue weighted by Gasteiger charge is 2.29. The number of pyridine rings is 1. The molecule has 1 atom stereocenters. The minimum atomic E-state index is -0.513. The second-order valence-corrected chi connectivity index (χ2v) is 7.05. The molecule has 0 saturated carbocycles. The Morgan fingerprint density at radius 2 is 2.08 bits per heavy atom. The van der Waals surface area contributed by atoms with Crippen LogP contribution in [0, 0.1) is 11.6 Å². The first-order valence-electron chi connectivity index (χ1n) is 9.21. The molecule has 0 saturated heterocycles. The third-order valence-corrected chi connectivity index (χ3v) is 5.49. The molecule has 0 amide bonds. The molecule has 26 heavy (non-hydrogen) atoms. The van der Waals surface area contributed by atoms with Crippen LogP contribution in [0.1, 0.15) is 30.8 Å². The Labute approximate surface area is 152 Å². The topological polar surface area (TPSA) is 21.1 Å². The maximum atomic E-state index is 14.7. The van der Waals surface area contributed by atoms with Gasteiger partial charge in [0, 0.05) is 61.0 Å². The Hall–Kier alpha value is -2.27. The number of aryl methyl sites for hydroxylation is 2. The van der Waals surface area contributed by atoms with E-state index >= 15 is 0 Å². The van der Waals surface area contributed by atoms with Crippen molar-refractivity contribution in [1.29, 1.82) is 0 Å². The summed E-state index contributed by atoms with van der Waals surface area (Å²) in [5.41, 5.74) is 3.71. The molecule has 0 aliphatic carbocycles. The predicted octanol–water partition coefficient (Wildman–Crippen LogP) is 4.32. The van der Waals surface area contributed by atoms with Crippen LogP contribution in [0.4, 0.5) is 8.78 Å². The summed E-state index contributed by atoms with van der Waals surface area (Å²) in [6, 6.07) is 8.70. The van der Waals surface area contributed by atoms with Crippen molar-refractivity contribution in [2.75, 3.05) is 6.54 Å². The van der Waals surface area contributed by atoms with E-state index in [-0.39, 0.29) is 0 Å².